The van der Waals surface area contributed by atoms with E-state index in [1.807, 2.05) is 56.3 Å². The highest BCUT2D eigenvalue weighted by atomic mass is 32.1. The predicted octanol–water partition coefficient (Wildman–Crippen LogP) is 3.83. The van der Waals surface area contributed by atoms with E-state index in [0.717, 1.165) is 15.2 Å². The van der Waals surface area contributed by atoms with Gasteiger partial charge < -0.3 is 15.5 Å². The number of para-hydroxylation sites is 1. The Morgan fingerprint density at radius 1 is 1.07 bits per heavy atom. The van der Waals surface area contributed by atoms with Gasteiger partial charge in [0.05, 0.1) is 33.6 Å². The van der Waals surface area contributed by atoms with Gasteiger partial charge >= 0.3 is 0 Å². The van der Waals surface area contributed by atoms with E-state index in [2.05, 4.69) is 20.5 Å². The first kappa shape index (κ1) is 27.8. The zero-order chi connectivity index (χ0) is 29.3. The first-order chi connectivity index (χ1) is 19.6. The molecular weight excluding hydrogens is 542 g/mol. The van der Waals surface area contributed by atoms with E-state index < -0.39 is 28.7 Å². The minimum absolute atomic E-state index is 0.219. The number of hydrogen-bond donors (Lipinski definition) is 2. The molecule has 3 aromatic heterocycles. The van der Waals surface area contributed by atoms with Crippen LogP contribution >= 0.6 is 11.3 Å². The maximum Gasteiger partial charge on any atom is 0.294 e. The van der Waals surface area contributed by atoms with Gasteiger partial charge in [-0.2, -0.15) is 0 Å². The molecule has 12 heteroatoms. The van der Waals surface area contributed by atoms with Gasteiger partial charge in [-0.25, -0.2) is 9.97 Å². The second-order valence-electron chi connectivity index (χ2n) is 10.5. The highest BCUT2D eigenvalue weighted by Gasteiger charge is 2.36. The summed E-state index contributed by atoms with van der Waals surface area (Å²) in [6, 6.07) is 15.9. The van der Waals surface area contributed by atoms with Gasteiger partial charge in [-0.05, 0) is 37.5 Å². The van der Waals surface area contributed by atoms with Crippen LogP contribution in [0.3, 0.4) is 0 Å². The number of nitrogen functional groups attached to an aromatic ring is 1. The summed E-state index contributed by atoms with van der Waals surface area (Å²) in [7, 11) is 0. The normalized spacial score (nSPS) is 12.5. The van der Waals surface area contributed by atoms with Crippen LogP contribution in [0.1, 0.15) is 49.3 Å². The maximum atomic E-state index is 13.5. The standard InChI is InChI=1S/C29H29N7O4S/c1-16(2)22(33-21(37)15-36-19(14-31-24(30)26(36)39)17-10-6-5-7-11-17)23(38)25-34-35-27(40-25)29(3,4)28-32-18-12-8-9-13-20(18)41-28/h5-14,16,22H,15H2,1-4H3,(H2,30,31)(H,33,37)/t22-/m0/s1. The molecule has 5 aromatic rings. The van der Waals surface area contributed by atoms with Gasteiger partial charge in [0.25, 0.3) is 11.4 Å². The summed E-state index contributed by atoms with van der Waals surface area (Å²) < 4.78 is 8.13. The van der Waals surface area contributed by atoms with E-state index in [0.29, 0.717) is 11.3 Å². The molecule has 0 bridgehead atoms. The number of aromatic nitrogens is 5. The number of rotatable bonds is 9. The minimum atomic E-state index is -0.976. The van der Waals surface area contributed by atoms with Crippen LogP contribution in [-0.4, -0.2) is 42.5 Å². The van der Waals surface area contributed by atoms with E-state index >= 15 is 0 Å². The van der Waals surface area contributed by atoms with Crippen LogP contribution in [-0.2, 0) is 16.8 Å². The van der Waals surface area contributed by atoms with E-state index in [9.17, 15) is 14.4 Å². The number of carbonyl (C=O) groups excluding carboxylic acids is 2. The molecule has 0 spiro atoms. The lowest BCUT2D eigenvalue weighted by atomic mass is 9.94. The fourth-order valence-electron chi connectivity index (χ4n) is 4.34. The monoisotopic (exact) mass is 571 g/mol. The lowest BCUT2D eigenvalue weighted by Gasteiger charge is -2.21. The molecule has 0 fully saturated rings. The third-order valence-corrected chi connectivity index (χ3v) is 8.08. The number of benzene rings is 2. The molecule has 5 rings (SSSR count). The van der Waals surface area contributed by atoms with Crippen LogP contribution in [0, 0.1) is 5.92 Å². The van der Waals surface area contributed by atoms with Gasteiger partial charge in [-0.15, -0.1) is 21.5 Å². The Balaban J connectivity index is 1.37. The fourth-order valence-corrected chi connectivity index (χ4v) is 5.40. The molecule has 3 N–H and O–H groups in total. The average molecular weight is 572 g/mol. The number of fused-ring (bicyclic) bond motifs is 1. The van der Waals surface area contributed by atoms with Crippen molar-refractivity contribution in [3.8, 4) is 11.3 Å². The van der Waals surface area contributed by atoms with Gasteiger partial charge in [-0.1, -0.05) is 56.3 Å². The third kappa shape index (κ3) is 5.50. The van der Waals surface area contributed by atoms with Crippen LogP contribution in [0.2, 0.25) is 0 Å². The summed E-state index contributed by atoms with van der Waals surface area (Å²) in [5.74, 6) is -1.62. The molecular formula is C29H29N7O4S. The molecule has 0 aliphatic carbocycles. The van der Waals surface area contributed by atoms with Gasteiger partial charge in [0.2, 0.25) is 17.6 Å². The Hall–Kier alpha value is -4.71. The average Bonchev–Trinajstić information content (AvgIpc) is 3.63. The van der Waals surface area contributed by atoms with Crippen LogP contribution in [0.15, 0.2) is 70.0 Å². The highest BCUT2D eigenvalue weighted by Crippen LogP contribution is 2.36. The smallest absolute Gasteiger partial charge is 0.294 e. The Morgan fingerprint density at radius 3 is 2.49 bits per heavy atom. The molecule has 0 saturated carbocycles. The largest absolute Gasteiger partial charge is 0.417 e. The summed E-state index contributed by atoms with van der Waals surface area (Å²) in [5, 5.41) is 11.7. The van der Waals surface area contributed by atoms with Crippen molar-refractivity contribution in [1.29, 1.82) is 0 Å². The molecule has 41 heavy (non-hydrogen) atoms. The summed E-state index contributed by atoms with van der Waals surface area (Å²) in [4.78, 5) is 48.2. The summed E-state index contributed by atoms with van der Waals surface area (Å²) in [5.41, 5.74) is 6.38. The van der Waals surface area contributed by atoms with Crippen molar-refractivity contribution < 1.29 is 14.0 Å². The molecule has 0 radical (unpaired) electrons. The van der Waals surface area contributed by atoms with Crippen LogP contribution < -0.4 is 16.6 Å². The van der Waals surface area contributed by atoms with Gasteiger partial charge in [0.15, 0.2) is 5.82 Å². The Bertz CT molecular complexity index is 1760. The highest BCUT2D eigenvalue weighted by molar-refractivity contribution is 7.18. The molecule has 0 aliphatic heterocycles. The fraction of sp³-hybridized carbons (Fsp3) is 0.276. The first-order valence-electron chi connectivity index (χ1n) is 13.0. The maximum absolute atomic E-state index is 13.5. The van der Waals surface area contributed by atoms with Gasteiger partial charge in [0.1, 0.15) is 11.6 Å². The molecule has 0 aliphatic rings. The van der Waals surface area contributed by atoms with Crippen molar-refractivity contribution in [1.82, 2.24) is 30.0 Å². The van der Waals surface area contributed by atoms with E-state index in [1.54, 1.807) is 26.0 Å². The molecule has 3 heterocycles. The number of ketones is 1. The lowest BCUT2D eigenvalue weighted by molar-refractivity contribution is -0.122. The number of Topliss-reactive ketones (excluding diaryl/α,β-unsaturated/α-hetero) is 1. The zero-order valence-corrected chi connectivity index (χ0v) is 23.8. The van der Waals surface area contributed by atoms with Crippen molar-refractivity contribution in [3.63, 3.8) is 0 Å². The zero-order valence-electron chi connectivity index (χ0n) is 23.0. The molecule has 210 valence electrons. The summed E-state index contributed by atoms with van der Waals surface area (Å²) in [6.07, 6.45) is 1.44. The van der Waals surface area contributed by atoms with Crippen LogP contribution in [0.5, 0.6) is 0 Å². The van der Waals surface area contributed by atoms with E-state index in [4.69, 9.17) is 15.1 Å². The molecule has 1 amide bonds. The number of carbonyl (C=O) groups is 2. The number of thiazole rings is 1. The quantitative estimate of drug-likeness (QED) is 0.251. The number of anilines is 1. The first-order valence-corrected chi connectivity index (χ1v) is 13.8. The van der Waals surface area contributed by atoms with Crippen LogP contribution in [0.25, 0.3) is 21.5 Å². The van der Waals surface area contributed by atoms with E-state index in [1.165, 1.54) is 22.1 Å². The Morgan fingerprint density at radius 2 is 1.78 bits per heavy atom. The molecule has 11 nitrogen and oxygen atoms in total. The molecule has 0 unspecified atom stereocenters. The lowest BCUT2D eigenvalue weighted by Crippen LogP contribution is -2.46. The Kier molecular flexibility index (Phi) is 7.50. The van der Waals surface area contributed by atoms with Gasteiger partial charge in [0, 0.05) is 0 Å². The minimum Gasteiger partial charge on any atom is -0.417 e. The number of nitrogens with one attached hydrogen (secondary N) is 1. The second kappa shape index (κ2) is 11.0. The topological polar surface area (TPSA) is 159 Å². The van der Waals surface area contributed by atoms with Crippen molar-refractivity contribution in [3.05, 3.63) is 87.9 Å². The number of amides is 1. The summed E-state index contributed by atoms with van der Waals surface area (Å²) in [6.45, 7) is 7.01. The Labute approximate surface area is 239 Å². The van der Waals surface area contributed by atoms with Crippen molar-refractivity contribution in [2.24, 2.45) is 5.92 Å². The number of nitrogens with two attached hydrogens (primary N) is 1. The van der Waals surface area contributed by atoms with Crippen molar-refractivity contribution in [2.75, 3.05) is 5.73 Å². The molecule has 2 aromatic carbocycles. The number of hydrogen-bond acceptors (Lipinski definition) is 10. The van der Waals surface area contributed by atoms with Crippen molar-refractivity contribution >= 4 is 39.1 Å². The molecule has 0 saturated heterocycles. The SMILES string of the molecule is CC(C)[C@H](NC(=O)Cn1c(-c2ccccc2)cnc(N)c1=O)C(=O)c1nnc(C(C)(C)c2nc3ccccc3s2)o1. The van der Waals surface area contributed by atoms with Crippen molar-refractivity contribution in [2.45, 2.75) is 45.7 Å². The van der Waals surface area contributed by atoms with Gasteiger partial charge in [-0.3, -0.25) is 19.0 Å². The third-order valence-electron chi connectivity index (χ3n) is 6.72. The second-order valence-corrected chi connectivity index (χ2v) is 11.5. The predicted molar refractivity (Wildman–Crippen MR) is 155 cm³/mol. The molecule has 1 atom stereocenters. The van der Waals surface area contributed by atoms with E-state index in [-0.39, 0.29) is 30.1 Å². The number of nitrogens with zero attached hydrogens (tertiary/aromatic N) is 5. The van der Waals surface area contributed by atoms with Crippen LogP contribution in [0.4, 0.5) is 5.82 Å². The summed E-state index contributed by atoms with van der Waals surface area (Å²) >= 11 is 1.52.